The number of fused-ring (bicyclic) bond motifs is 1. The van der Waals surface area contributed by atoms with E-state index >= 15 is 0 Å². The van der Waals surface area contributed by atoms with E-state index in [1.807, 2.05) is 13.8 Å². The van der Waals surface area contributed by atoms with Gasteiger partial charge in [-0.2, -0.15) is 0 Å². The lowest BCUT2D eigenvalue weighted by Crippen LogP contribution is -2.47. The molecule has 0 bridgehead atoms. The van der Waals surface area contributed by atoms with Gasteiger partial charge in [0.1, 0.15) is 16.9 Å². The maximum Gasteiger partial charge on any atom is 0.340 e. The second kappa shape index (κ2) is 8.38. The number of ether oxygens (including phenoxy) is 1. The summed E-state index contributed by atoms with van der Waals surface area (Å²) in [6, 6.07) is 12.4. The van der Waals surface area contributed by atoms with E-state index in [2.05, 4.69) is 0 Å². The van der Waals surface area contributed by atoms with E-state index in [1.54, 1.807) is 69.3 Å². The van der Waals surface area contributed by atoms with Gasteiger partial charge < -0.3 is 9.84 Å². The molecule has 0 aliphatic carbocycles. The third-order valence-corrected chi connectivity index (χ3v) is 6.86. The SMILES string of the molecule is CCC[C@@H]1C(C(=O)OC(C)(C)C)=C(O)c2ccccc2N1S(=O)(=O)c1ccc(C)cc1. The van der Waals surface area contributed by atoms with Gasteiger partial charge in [-0.05, 0) is 58.4 Å². The number of esters is 1. The molecule has 0 unspecified atom stereocenters. The zero-order chi connectivity index (χ0) is 23.0. The summed E-state index contributed by atoms with van der Waals surface area (Å²) in [5.74, 6) is -0.958. The summed E-state index contributed by atoms with van der Waals surface area (Å²) >= 11 is 0. The molecular weight excluding hydrogens is 414 g/mol. The lowest BCUT2D eigenvalue weighted by Gasteiger charge is -2.38. The number of aryl methyl sites for hydroxylation is 1. The molecule has 0 spiro atoms. The van der Waals surface area contributed by atoms with Crippen molar-refractivity contribution in [3.63, 3.8) is 0 Å². The summed E-state index contributed by atoms with van der Waals surface area (Å²) < 4.78 is 34.4. The lowest BCUT2D eigenvalue weighted by atomic mass is 9.92. The van der Waals surface area contributed by atoms with Crippen LogP contribution in [0.1, 0.15) is 51.7 Å². The Hall–Kier alpha value is -2.80. The molecule has 6 nitrogen and oxygen atoms in total. The smallest absolute Gasteiger partial charge is 0.340 e. The van der Waals surface area contributed by atoms with Gasteiger partial charge in [-0.1, -0.05) is 43.2 Å². The van der Waals surface area contributed by atoms with Crippen molar-refractivity contribution in [2.24, 2.45) is 0 Å². The van der Waals surface area contributed by atoms with Gasteiger partial charge in [0.15, 0.2) is 0 Å². The highest BCUT2D eigenvalue weighted by Gasteiger charge is 2.43. The first kappa shape index (κ1) is 22.9. The predicted octanol–water partition coefficient (Wildman–Crippen LogP) is 4.98. The molecule has 2 aromatic rings. The van der Waals surface area contributed by atoms with E-state index in [1.165, 1.54) is 4.31 Å². The summed E-state index contributed by atoms with van der Waals surface area (Å²) in [5.41, 5.74) is 0.734. The number of anilines is 1. The molecule has 0 radical (unpaired) electrons. The average molecular weight is 444 g/mol. The Morgan fingerprint density at radius 2 is 1.71 bits per heavy atom. The quantitative estimate of drug-likeness (QED) is 0.659. The zero-order valence-corrected chi connectivity index (χ0v) is 19.4. The Bertz CT molecular complexity index is 1110. The molecule has 3 rings (SSSR count). The molecule has 1 aliphatic rings. The second-order valence-electron chi connectivity index (χ2n) is 8.70. The number of carbonyl (C=O) groups is 1. The maximum absolute atomic E-state index is 13.8. The van der Waals surface area contributed by atoms with E-state index in [-0.39, 0.29) is 21.8 Å². The number of aliphatic hydroxyl groups is 1. The summed E-state index contributed by atoms with van der Waals surface area (Å²) in [5, 5.41) is 11.0. The molecule has 1 N–H and O–H groups in total. The van der Waals surface area contributed by atoms with Crippen molar-refractivity contribution in [3.8, 4) is 0 Å². The predicted molar refractivity (Wildman–Crippen MR) is 121 cm³/mol. The molecule has 0 amide bonds. The monoisotopic (exact) mass is 443 g/mol. The van der Waals surface area contributed by atoms with Crippen LogP contribution in [0.3, 0.4) is 0 Å². The van der Waals surface area contributed by atoms with Gasteiger partial charge >= 0.3 is 5.97 Å². The lowest BCUT2D eigenvalue weighted by molar-refractivity contribution is -0.150. The number of aliphatic hydroxyl groups excluding tert-OH is 1. The van der Waals surface area contributed by atoms with Crippen LogP contribution in [-0.2, 0) is 19.6 Å². The van der Waals surface area contributed by atoms with Gasteiger partial charge in [-0.25, -0.2) is 13.2 Å². The molecule has 2 aromatic carbocycles. The zero-order valence-electron chi connectivity index (χ0n) is 18.5. The van der Waals surface area contributed by atoms with E-state index in [0.29, 0.717) is 18.5 Å². The topological polar surface area (TPSA) is 83.9 Å². The van der Waals surface area contributed by atoms with Crippen LogP contribution in [0.2, 0.25) is 0 Å². The largest absolute Gasteiger partial charge is 0.507 e. The molecule has 0 saturated carbocycles. The number of sulfonamides is 1. The Kier molecular flexibility index (Phi) is 6.18. The summed E-state index contributed by atoms with van der Waals surface area (Å²) in [7, 11) is -4.02. The van der Waals surface area contributed by atoms with Gasteiger partial charge in [-0.15, -0.1) is 0 Å². The van der Waals surface area contributed by atoms with Crippen LogP contribution in [0.25, 0.3) is 5.76 Å². The highest BCUT2D eigenvalue weighted by Crippen LogP contribution is 2.42. The fraction of sp³-hybridized carbons (Fsp3) is 0.375. The molecule has 1 aliphatic heterocycles. The van der Waals surface area contributed by atoms with Crippen molar-refractivity contribution in [1.82, 2.24) is 0 Å². The van der Waals surface area contributed by atoms with Gasteiger partial charge in [0.2, 0.25) is 0 Å². The van der Waals surface area contributed by atoms with Crippen LogP contribution in [0.15, 0.2) is 59.0 Å². The van der Waals surface area contributed by atoms with Crippen molar-refractivity contribution in [3.05, 3.63) is 65.2 Å². The van der Waals surface area contributed by atoms with Crippen molar-refractivity contribution >= 4 is 27.4 Å². The Morgan fingerprint density at radius 3 is 2.29 bits per heavy atom. The van der Waals surface area contributed by atoms with Crippen LogP contribution < -0.4 is 4.31 Å². The number of para-hydroxylation sites is 1. The highest BCUT2D eigenvalue weighted by atomic mass is 32.2. The minimum absolute atomic E-state index is 0.0360. The summed E-state index contributed by atoms with van der Waals surface area (Å²) in [6.07, 6.45) is 0.949. The Morgan fingerprint density at radius 1 is 1.10 bits per heavy atom. The maximum atomic E-state index is 13.8. The number of benzene rings is 2. The fourth-order valence-electron chi connectivity index (χ4n) is 3.68. The van der Waals surface area contributed by atoms with Crippen molar-refractivity contribution in [2.75, 3.05) is 4.31 Å². The van der Waals surface area contributed by atoms with Gasteiger partial charge in [0, 0.05) is 5.56 Å². The molecule has 31 heavy (non-hydrogen) atoms. The van der Waals surface area contributed by atoms with Crippen molar-refractivity contribution in [1.29, 1.82) is 0 Å². The summed E-state index contributed by atoms with van der Waals surface area (Å²) in [4.78, 5) is 13.2. The van der Waals surface area contributed by atoms with Crippen LogP contribution in [0.4, 0.5) is 5.69 Å². The van der Waals surface area contributed by atoms with Crippen LogP contribution >= 0.6 is 0 Å². The number of nitrogens with zero attached hydrogens (tertiary/aromatic N) is 1. The highest BCUT2D eigenvalue weighted by molar-refractivity contribution is 7.92. The molecule has 1 heterocycles. The Labute approximate surface area is 184 Å². The van der Waals surface area contributed by atoms with Gasteiger partial charge in [0.05, 0.1) is 16.6 Å². The normalized spacial score (nSPS) is 16.8. The van der Waals surface area contributed by atoms with E-state index in [4.69, 9.17) is 4.74 Å². The molecular formula is C24H29NO5S. The third-order valence-electron chi connectivity index (χ3n) is 5.03. The van der Waals surface area contributed by atoms with E-state index in [9.17, 15) is 18.3 Å². The van der Waals surface area contributed by atoms with Crippen LogP contribution in [0.5, 0.6) is 0 Å². The number of hydrogen-bond acceptors (Lipinski definition) is 5. The number of rotatable bonds is 5. The van der Waals surface area contributed by atoms with Gasteiger partial charge in [0.25, 0.3) is 10.0 Å². The number of hydrogen-bond donors (Lipinski definition) is 1. The first-order valence-corrected chi connectivity index (χ1v) is 11.8. The molecule has 0 aromatic heterocycles. The molecule has 0 saturated heterocycles. The Balaban J connectivity index is 2.25. The first-order chi connectivity index (χ1) is 14.5. The fourth-order valence-corrected chi connectivity index (χ4v) is 5.35. The third kappa shape index (κ3) is 4.46. The van der Waals surface area contributed by atoms with Crippen LogP contribution in [-0.4, -0.2) is 31.1 Å². The standard InChI is InChI=1S/C24H29NO5S/c1-6-9-20-21(23(27)30-24(3,4)5)22(26)18-10-7-8-11-19(18)25(20)31(28,29)17-14-12-16(2)13-15-17/h7-8,10-15,20,26H,6,9H2,1-5H3/t20-/m1/s1. The minimum atomic E-state index is -4.02. The van der Waals surface area contributed by atoms with Gasteiger partial charge in [-0.3, -0.25) is 4.31 Å². The first-order valence-electron chi connectivity index (χ1n) is 10.3. The number of carbonyl (C=O) groups excluding carboxylic acids is 1. The molecule has 166 valence electrons. The van der Waals surface area contributed by atoms with E-state index in [0.717, 1.165) is 5.56 Å². The minimum Gasteiger partial charge on any atom is -0.507 e. The van der Waals surface area contributed by atoms with Crippen LogP contribution in [0, 0.1) is 6.92 Å². The molecule has 1 atom stereocenters. The second-order valence-corrected chi connectivity index (χ2v) is 10.5. The van der Waals surface area contributed by atoms with E-state index < -0.39 is 27.6 Å². The molecule has 0 fully saturated rings. The summed E-state index contributed by atoms with van der Waals surface area (Å²) in [6.45, 7) is 8.98. The van der Waals surface area contributed by atoms with Crippen molar-refractivity contribution < 1.29 is 23.1 Å². The molecule has 7 heteroatoms. The average Bonchev–Trinajstić information content (AvgIpc) is 2.67. The van der Waals surface area contributed by atoms with Crippen molar-refractivity contribution in [2.45, 2.75) is 64.0 Å².